The molecule has 0 saturated carbocycles. The van der Waals surface area contributed by atoms with Gasteiger partial charge in [0, 0.05) is 41.1 Å². The van der Waals surface area contributed by atoms with E-state index in [1.54, 1.807) is 0 Å². The van der Waals surface area contributed by atoms with Gasteiger partial charge in [-0.05, 0) is 41.5 Å². The molecule has 0 bridgehead atoms. The van der Waals surface area contributed by atoms with E-state index < -0.39 is 0 Å². The fourth-order valence-corrected chi connectivity index (χ4v) is 3.55. The molecule has 0 saturated heterocycles. The Kier molecular flexibility index (Phi) is 4.63. The third-order valence-corrected chi connectivity index (χ3v) is 5.12. The fraction of sp³-hybridized carbons (Fsp3) is 0.0769. The van der Waals surface area contributed by atoms with Crippen LogP contribution in [0.4, 0.5) is 0 Å². The second-order valence-corrected chi connectivity index (χ2v) is 7.20. The molecule has 144 valence electrons. The van der Waals surface area contributed by atoms with Crippen molar-refractivity contribution in [3.63, 3.8) is 0 Å². The highest BCUT2D eigenvalue weighted by Gasteiger charge is 2.07. The lowest BCUT2D eigenvalue weighted by Gasteiger charge is -2.04. The highest BCUT2D eigenvalue weighted by Crippen LogP contribution is 2.15. The summed E-state index contributed by atoms with van der Waals surface area (Å²) in [6.07, 6.45) is 4.46. The average molecular weight is 390 g/mol. The molecule has 5 aromatic rings. The van der Waals surface area contributed by atoms with Gasteiger partial charge in [-0.1, -0.05) is 48.2 Å². The van der Waals surface area contributed by atoms with Gasteiger partial charge < -0.3 is 9.40 Å². The zero-order valence-corrected chi connectivity index (χ0v) is 16.2. The molecule has 1 N–H and O–H groups in total. The van der Waals surface area contributed by atoms with Gasteiger partial charge in [0.15, 0.2) is 17.4 Å². The van der Waals surface area contributed by atoms with Gasteiger partial charge >= 0.3 is 0 Å². The normalized spacial score (nSPS) is 10.8. The first-order valence-electron chi connectivity index (χ1n) is 9.75. The first kappa shape index (κ1) is 18.0. The Morgan fingerprint density at radius 3 is 2.77 bits per heavy atom. The van der Waals surface area contributed by atoms with Crippen LogP contribution in [0.5, 0.6) is 0 Å². The van der Waals surface area contributed by atoms with Crippen molar-refractivity contribution in [2.45, 2.75) is 12.8 Å². The topological polar surface area (TPSA) is 58.9 Å². The molecule has 0 spiro atoms. The highest BCUT2D eigenvalue weighted by molar-refractivity contribution is 5.80. The minimum absolute atomic E-state index is 0.0488. The van der Waals surface area contributed by atoms with Crippen molar-refractivity contribution in [1.29, 1.82) is 0 Å². The molecule has 0 radical (unpaired) electrons. The Balaban J connectivity index is 1.42. The molecule has 4 nitrogen and oxygen atoms in total. The Bertz CT molecular complexity index is 1470. The van der Waals surface area contributed by atoms with Crippen LogP contribution in [0.2, 0.25) is 0 Å². The highest BCUT2D eigenvalue weighted by atomic mass is 16.3. The van der Waals surface area contributed by atoms with E-state index in [4.69, 9.17) is 4.42 Å². The van der Waals surface area contributed by atoms with Crippen molar-refractivity contribution >= 4 is 22.0 Å². The largest absolute Gasteiger partial charge is 0.443 e. The average Bonchev–Trinajstić information content (AvgIpc) is 3.25. The number of oxazole rings is 1. The van der Waals surface area contributed by atoms with Crippen molar-refractivity contribution in [2.75, 3.05) is 0 Å². The lowest BCUT2D eigenvalue weighted by Crippen LogP contribution is -2.10. The van der Waals surface area contributed by atoms with Gasteiger partial charge in [-0.2, -0.15) is 0 Å². The molecule has 0 aliphatic heterocycles. The van der Waals surface area contributed by atoms with Crippen LogP contribution in [-0.4, -0.2) is 9.97 Å². The molecule has 4 heteroatoms. The zero-order valence-electron chi connectivity index (χ0n) is 16.2. The number of pyridine rings is 1. The molecule has 0 unspecified atom stereocenters. The zero-order chi connectivity index (χ0) is 20.3. The summed E-state index contributed by atoms with van der Waals surface area (Å²) in [7, 11) is 0. The van der Waals surface area contributed by atoms with Gasteiger partial charge in [0.2, 0.25) is 0 Å². The maximum atomic E-state index is 13.0. The SMILES string of the molecule is O=c1c(Cc2ccccc2)c[nH]c2ccc(C#CCc3ccc4ocnc4c3)cc12. The van der Waals surface area contributed by atoms with Crippen molar-refractivity contribution in [3.05, 3.63) is 112 Å². The first-order valence-corrected chi connectivity index (χ1v) is 9.75. The van der Waals surface area contributed by atoms with E-state index in [0.717, 1.165) is 38.9 Å². The predicted octanol–water partition coefficient (Wildman–Crippen LogP) is 4.85. The van der Waals surface area contributed by atoms with Crippen LogP contribution in [0.25, 0.3) is 22.0 Å². The number of nitrogens with one attached hydrogen (secondary N) is 1. The van der Waals surface area contributed by atoms with E-state index in [9.17, 15) is 4.79 Å². The number of H-pyrrole nitrogens is 1. The van der Waals surface area contributed by atoms with Crippen molar-refractivity contribution in [1.82, 2.24) is 9.97 Å². The number of aromatic amines is 1. The Labute approximate surface area is 173 Å². The third kappa shape index (κ3) is 3.61. The molecule has 0 fully saturated rings. The Morgan fingerprint density at radius 1 is 0.967 bits per heavy atom. The van der Waals surface area contributed by atoms with Crippen molar-refractivity contribution < 1.29 is 4.42 Å². The lowest BCUT2D eigenvalue weighted by molar-refractivity contribution is 0.602. The quantitative estimate of drug-likeness (QED) is 0.448. The van der Waals surface area contributed by atoms with Crippen LogP contribution in [0, 0.1) is 11.8 Å². The second-order valence-electron chi connectivity index (χ2n) is 7.20. The van der Waals surface area contributed by atoms with Crippen LogP contribution in [0.3, 0.4) is 0 Å². The molecular weight excluding hydrogens is 372 g/mol. The Hall–Kier alpha value is -4.10. The van der Waals surface area contributed by atoms with E-state index >= 15 is 0 Å². The summed E-state index contributed by atoms with van der Waals surface area (Å²) in [4.78, 5) is 20.4. The summed E-state index contributed by atoms with van der Waals surface area (Å²) < 4.78 is 5.27. The number of benzene rings is 3. The number of rotatable bonds is 3. The smallest absolute Gasteiger partial charge is 0.192 e. The monoisotopic (exact) mass is 390 g/mol. The summed E-state index contributed by atoms with van der Waals surface area (Å²) in [5, 5.41) is 0.666. The van der Waals surface area contributed by atoms with E-state index in [1.165, 1.54) is 6.39 Å². The number of hydrogen-bond donors (Lipinski definition) is 1. The van der Waals surface area contributed by atoms with Gasteiger partial charge in [-0.25, -0.2) is 4.98 Å². The van der Waals surface area contributed by atoms with Crippen LogP contribution >= 0.6 is 0 Å². The molecule has 3 aromatic carbocycles. The van der Waals surface area contributed by atoms with Crippen LogP contribution in [0.15, 0.2) is 88.5 Å². The number of aromatic nitrogens is 2. The van der Waals surface area contributed by atoms with Gasteiger partial charge in [-0.15, -0.1) is 0 Å². The van der Waals surface area contributed by atoms with Gasteiger partial charge in [0.05, 0.1) is 0 Å². The summed E-state index contributed by atoms with van der Waals surface area (Å²) >= 11 is 0. The van der Waals surface area contributed by atoms with Gasteiger partial charge in [0.25, 0.3) is 0 Å². The number of hydrogen-bond acceptors (Lipinski definition) is 3. The standard InChI is InChI=1S/C26H18N2O2/c29-26-21(13-18-5-2-1-3-6-18)16-27-23-11-9-19(14-22(23)26)7-4-8-20-10-12-25-24(15-20)28-17-30-25/h1-3,5-6,9-12,14-17H,8,13H2,(H,27,29). The van der Waals surface area contributed by atoms with E-state index in [2.05, 4.69) is 21.8 Å². The molecule has 2 aromatic heterocycles. The van der Waals surface area contributed by atoms with Crippen LogP contribution in [0.1, 0.15) is 22.3 Å². The van der Waals surface area contributed by atoms with E-state index in [-0.39, 0.29) is 5.43 Å². The minimum atomic E-state index is 0.0488. The maximum absolute atomic E-state index is 13.0. The molecule has 0 amide bonds. The minimum Gasteiger partial charge on any atom is -0.443 e. The number of nitrogens with zero attached hydrogens (tertiary/aromatic N) is 1. The van der Waals surface area contributed by atoms with Crippen molar-refractivity contribution in [3.8, 4) is 11.8 Å². The summed E-state index contributed by atoms with van der Waals surface area (Å²) in [6, 6.07) is 21.6. The van der Waals surface area contributed by atoms with Gasteiger partial charge in [-0.3, -0.25) is 4.79 Å². The lowest BCUT2D eigenvalue weighted by atomic mass is 10.0. The van der Waals surface area contributed by atoms with Crippen LogP contribution in [-0.2, 0) is 12.8 Å². The molecule has 30 heavy (non-hydrogen) atoms. The fourth-order valence-electron chi connectivity index (χ4n) is 3.55. The first-order chi connectivity index (χ1) is 14.8. The second kappa shape index (κ2) is 7.73. The molecule has 0 atom stereocenters. The van der Waals surface area contributed by atoms with Crippen LogP contribution < -0.4 is 5.43 Å². The van der Waals surface area contributed by atoms with Gasteiger partial charge in [0.1, 0.15) is 5.52 Å². The van der Waals surface area contributed by atoms with E-state index in [1.807, 2.05) is 72.9 Å². The molecule has 2 heterocycles. The summed E-state index contributed by atoms with van der Waals surface area (Å²) in [5.74, 6) is 6.37. The van der Waals surface area contributed by atoms with Crippen molar-refractivity contribution in [2.24, 2.45) is 0 Å². The summed E-state index contributed by atoms with van der Waals surface area (Å²) in [6.45, 7) is 0. The third-order valence-electron chi connectivity index (χ3n) is 5.12. The van der Waals surface area contributed by atoms with E-state index in [0.29, 0.717) is 18.2 Å². The predicted molar refractivity (Wildman–Crippen MR) is 118 cm³/mol. The molecular formula is C26H18N2O2. The molecule has 0 aliphatic carbocycles. The molecule has 5 rings (SSSR count). The summed E-state index contributed by atoms with van der Waals surface area (Å²) in [5.41, 5.74) is 6.23. The molecule has 0 aliphatic rings. The Morgan fingerprint density at radius 2 is 1.87 bits per heavy atom. The maximum Gasteiger partial charge on any atom is 0.192 e. The number of fused-ring (bicyclic) bond motifs is 2.